The summed E-state index contributed by atoms with van der Waals surface area (Å²) in [7, 11) is 0. The van der Waals surface area contributed by atoms with E-state index in [2.05, 4.69) is 5.43 Å². The lowest BCUT2D eigenvalue weighted by molar-refractivity contribution is -0.147. The molecule has 0 radical (unpaired) electrons. The smallest absolute Gasteiger partial charge is 0.0686 e. The van der Waals surface area contributed by atoms with Gasteiger partial charge in [0.25, 0.3) is 0 Å². The van der Waals surface area contributed by atoms with Gasteiger partial charge in [-0.1, -0.05) is 17.7 Å². The van der Waals surface area contributed by atoms with Crippen LogP contribution in [0, 0.1) is 5.92 Å². The summed E-state index contributed by atoms with van der Waals surface area (Å²) in [6.07, 6.45) is 5.70. The molecule has 1 saturated carbocycles. The molecule has 2 atom stereocenters. The first-order valence-corrected chi connectivity index (χ1v) is 7.66. The predicted octanol–water partition coefficient (Wildman–Crippen LogP) is 2.78. The van der Waals surface area contributed by atoms with Crippen molar-refractivity contribution in [3.05, 3.63) is 28.8 Å². The van der Waals surface area contributed by atoms with Gasteiger partial charge in [0, 0.05) is 17.3 Å². The molecule has 1 aromatic rings. The summed E-state index contributed by atoms with van der Waals surface area (Å²) in [6, 6.07) is 5.70. The van der Waals surface area contributed by atoms with E-state index in [9.17, 15) is 0 Å². The normalized spacial score (nSPS) is 26.2. The Morgan fingerprint density at radius 1 is 1.40 bits per heavy atom. The molecular weight excluding hydrogens is 274 g/mol. The first-order valence-electron chi connectivity index (χ1n) is 7.29. The first kappa shape index (κ1) is 14.1. The van der Waals surface area contributed by atoms with Gasteiger partial charge in [-0.05, 0) is 55.7 Å². The van der Waals surface area contributed by atoms with Gasteiger partial charge in [-0.2, -0.15) is 0 Å². The van der Waals surface area contributed by atoms with Crippen LogP contribution in [0.5, 0.6) is 0 Å². The second kappa shape index (κ2) is 5.53. The number of nitrogen functional groups attached to an aromatic ring is 1. The quantitative estimate of drug-likeness (QED) is 0.455. The third kappa shape index (κ3) is 2.53. The Morgan fingerprint density at radius 2 is 2.20 bits per heavy atom. The highest BCUT2D eigenvalue weighted by molar-refractivity contribution is 6.30. The Morgan fingerprint density at radius 3 is 2.80 bits per heavy atom. The SMILES string of the molecule is NNC(c1ccc(Cl)cc1N)C1CCOC2(CCC2)C1. The van der Waals surface area contributed by atoms with Crippen molar-refractivity contribution in [1.29, 1.82) is 0 Å². The molecule has 3 rings (SSSR count). The van der Waals surface area contributed by atoms with Crippen LogP contribution < -0.4 is 17.0 Å². The number of benzene rings is 1. The second-order valence-electron chi connectivity index (χ2n) is 6.06. The molecule has 20 heavy (non-hydrogen) atoms. The largest absolute Gasteiger partial charge is 0.398 e. The van der Waals surface area contributed by atoms with E-state index in [0.29, 0.717) is 16.6 Å². The zero-order valence-corrected chi connectivity index (χ0v) is 12.3. The summed E-state index contributed by atoms with van der Waals surface area (Å²) in [5.41, 5.74) is 10.9. The van der Waals surface area contributed by atoms with Crippen molar-refractivity contribution >= 4 is 17.3 Å². The number of anilines is 1. The van der Waals surface area contributed by atoms with Crippen LogP contribution in [0.1, 0.15) is 43.7 Å². The van der Waals surface area contributed by atoms with Crippen molar-refractivity contribution < 1.29 is 4.74 Å². The zero-order chi connectivity index (χ0) is 14.2. The Kier molecular flexibility index (Phi) is 3.91. The Hall–Kier alpha value is -0.810. The van der Waals surface area contributed by atoms with Gasteiger partial charge >= 0.3 is 0 Å². The minimum Gasteiger partial charge on any atom is -0.398 e. The summed E-state index contributed by atoms with van der Waals surface area (Å²) in [5.74, 6) is 6.27. The molecule has 1 aliphatic carbocycles. The van der Waals surface area contributed by atoms with Gasteiger partial charge in [-0.15, -0.1) is 0 Å². The van der Waals surface area contributed by atoms with E-state index in [4.69, 9.17) is 27.9 Å². The van der Waals surface area contributed by atoms with Gasteiger partial charge in [0.2, 0.25) is 0 Å². The van der Waals surface area contributed by atoms with Crippen LogP contribution in [0.15, 0.2) is 18.2 Å². The topological polar surface area (TPSA) is 73.3 Å². The van der Waals surface area contributed by atoms with Crippen molar-refractivity contribution in [3.63, 3.8) is 0 Å². The fourth-order valence-corrected chi connectivity index (χ4v) is 3.76. The van der Waals surface area contributed by atoms with Crippen molar-refractivity contribution in [2.75, 3.05) is 12.3 Å². The minimum atomic E-state index is 0.0636. The fraction of sp³-hybridized carbons (Fsp3) is 0.600. The molecule has 0 bridgehead atoms. The van der Waals surface area contributed by atoms with Crippen LogP contribution in [0.3, 0.4) is 0 Å². The molecule has 0 aromatic heterocycles. The molecule has 5 N–H and O–H groups in total. The van der Waals surface area contributed by atoms with Gasteiger partial charge in [0.05, 0.1) is 11.6 Å². The molecule has 2 unspecified atom stereocenters. The average molecular weight is 296 g/mol. The molecule has 1 aliphatic heterocycles. The summed E-state index contributed by atoms with van der Waals surface area (Å²) < 4.78 is 5.99. The highest BCUT2D eigenvalue weighted by atomic mass is 35.5. The van der Waals surface area contributed by atoms with Crippen molar-refractivity contribution in [2.45, 2.75) is 43.7 Å². The van der Waals surface area contributed by atoms with Crippen LogP contribution in [-0.2, 0) is 4.74 Å². The maximum Gasteiger partial charge on any atom is 0.0686 e. The molecule has 1 saturated heterocycles. The van der Waals surface area contributed by atoms with E-state index >= 15 is 0 Å². The van der Waals surface area contributed by atoms with Crippen molar-refractivity contribution in [2.24, 2.45) is 11.8 Å². The maximum absolute atomic E-state index is 6.11. The van der Waals surface area contributed by atoms with Crippen LogP contribution in [0.25, 0.3) is 0 Å². The van der Waals surface area contributed by atoms with Gasteiger partial charge in [0.15, 0.2) is 0 Å². The van der Waals surface area contributed by atoms with E-state index in [1.165, 1.54) is 19.3 Å². The number of hydrazine groups is 1. The molecule has 2 fully saturated rings. The highest BCUT2D eigenvalue weighted by Gasteiger charge is 2.44. The van der Waals surface area contributed by atoms with E-state index in [-0.39, 0.29) is 11.6 Å². The van der Waals surface area contributed by atoms with Crippen molar-refractivity contribution in [1.82, 2.24) is 5.43 Å². The number of halogens is 1. The second-order valence-corrected chi connectivity index (χ2v) is 6.49. The number of nitrogens with two attached hydrogens (primary N) is 2. The van der Waals surface area contributed by atoms with E-state index in [1.807, 2.05) is 12.1 Å². The lowest BCUT2D eigenvalue weighted by Crippen LogP contribution is -2.48. The third-order valence-corrected chi connectivity index (χ3v) is 5.07. The summed E-state index contributed by atoms with van der Waals surface area (Å²) in [5, 5.41) is 0.657. The lowest BCUT2D eigenvalue weighted by atomic mass is 9.69. The van der Waals surface area contributed by atoms with E-state index in [0.717, 1.165) is 25.0 Å². The van der Waals surface area contributed by atoms with Gasteiger partial charge in [-0.25, -0.2) is 0 Å². The molecular formula is C15H22ClN3O. The number of nitrogens with one attached hydrogen (secondary N) is 1. The van der Waals surface area contributed by atoms with E-state index < -0.39 is 0 Å². The molecule has 1 spiro atoms. The van der Waals surface area contributed by atoms with Crippen LogP contribution >= 0.6 is 11.6 Å². The Balaban J connectivity index is 1.81. The van der Waals surface area contributed by atoms with E-state index in [1.54, 1.807) is 6.07 Å². The highest BCUT2D eigenvalue weighted by Crippen LogP contribution is 2.47. The summed E-state index contributed by atoms with van der Waals surface area (Å²) in [4.78, 5) is 0. The lowest BCUT2D eigenvalue weighted by Gasteiger charge is -2.48. The van der Waals surface area contributed by atoms with Crippen molar-refractivity contribution in [3.8, 4) is 0 Å². The number of rotatable bonds is 3. The van der Waals surface area contributed by atoms with Gasteiger partial charge < -0.3 is 10.5 Å². The monoisotopic (exact) mass is 295 g/mol. The van der Waals surface area contributed by atoms with Gasteiger partial charge in [0.1, 0.15) is 0 Å². The molecule has 0 amide bonds. The van der Waals surface area contributed by atoms with Crippen LogP contribution in [-0.4, -0.2) is 12.2 Å². The standard InChI is InChI=1S/C15H22ClN3O/c16-11-2-3-12(13(17)8-11)14(19-18)10-4-7-20-15(9-10)5-1-6-15/h2-3,8,10,14,19H,1,4-7,9,17-18H2. The minimum absolute atomic E-state index is 0.0636. The summed E-state index contributed by atoms with van der Waals surface area (Å²) in [6.45, 7) is 0.816. The number of ether oxygens (including phenoxy) is 1. The van der Waals surface area contributed by atoms with Crippen LogP contribution in [0.4, 0.5) is 5.69 Å². The zero-order valence-electron chi connectivity index (χ0n) is 11.6. The summed E-state index contributed by atoms with van der Waals surface area (Å²) >= 11 is 5.98. The number of hydrogen-bond donors (Lipinski definition) is 3. The Bertz CT molecular complexity index is 490. The molecule has 110 valence electrons. The first-order chi connectivity index (χ1) is 9.63. The average Bonchev–Trinajstić information content (AvgIpc) is 2.40. The third-order valence-electron chi connectivity index (χ3n) is 4.83. The molecule has 5 heteroatoms. The molecule has 1 aromatic carbocycles. The Labute approximate surface area is 124 Å². The molecule has 2 aliphatic rings. The molecule has 4 nitrogen and oxygen atoms in total. The predicted molar refractivity (Wildman–Crippen MR) is 81.2 cm³/mol. The number of hydrogen-bond acceptors (Lipinski definition) is 4. The van der Waals surface area contributed by atoms with Crippen LogP contribution in [0.2, 0.25) is 5.02 Å². The van der Waals surface area contributed by atoms with Gasteiger partial charge in [-0.3, -0.25) is 11.3 Å². The maximum atomic E-state index is 6.11. The molecule has 1 heterocycles. The fourth-order valence-electron chi connectivity index (χ4n) is 3.58.